The van der Waals surface area contributed by atoms with Crippen LogP contribution < -0.4 is 14.2 Å². The molecular formula is C19H26N2O4. The zero-order chi connectivity index (χ0) is 17.8. The normalized spacial score (nSPS) is 17.7. The maximum absolute atomic E-state index is 5.58. The Morgan fingerprint density at radius 1 is 1.08 bits per heavy atom. The van der Waals surface area contributed by atoms with Crippen LogP contribution in [0.5, 0.6) is 17.2 Å². The van der Waals surface area contributed by atoms with Crippen LogP contribution in [0.2, 0.25) is 0 Å². The molecule has 6 heteroatoms. The lowest BCUT2D eigenvalue weighted by Crippen LogP contribution is -2.22. The van der Waals surface area contributed by atoms with Gasteiger partial charge in [0.25, 0.3) is 0 Å². The van der Waals surface area contributed by atoms with Gasteiger partial charge >= 0.3 is 0 Å². The highest BCUT2D eigenvalue weighted by atomic mass is 16.5. The highest BCUT2D eigenvalue weighted by Crippen LogP contribution is 2.38. The lowest BCUT2D eigenvalue weighted by atomic mass is 10.1. The second-order valence-electron chi connectivity index (χ2n) is 6.22. The average molecular weight is 346 g/mol. The van der Waals surface area contributed by atoms with E-state index in [1.54, 1.807) is 21.3 Å². The van der Waals surface area contributed by atoms with Crippen molar-refractivity contribution in [2.75, 3.05) is 27.9 Å². The Bertz CT molecular complexity index is 713. The van der Waals surface area contributed by atoms with Crippen LogP contribution in [0.15, 0.2) is 22.7 Å². The highest BCUT2D eigenvalue weighted by Gasteiger charge is 2.30. The number of nitrogens with zero attached hydrogens (tertiary/aromatic N) is 2. The third-order valence-electron chi connectivity index (χ3n) is 4.79. The summed E-state index contributed by atoms with van der Waals surface area (Å²) in [6, 6.07) is 6.20. The van der Waals surface area contributed by atoms with Crippen molar-refractivity contribution in [2.24, 2.45) is 0 Å². The fraction of sp³-hybridized carbons (Fsp3) is 0.526. The fourth-order valence-electron chi connectivity index (χ4n) is 3.42. The monoisotopic (exact) mass is 346 g/mol. The molecule has 0 radical (unpaired) electrons. The number of aryl methyl sites for hydroxylation is 1. The first-order chi connectivity index (χ1) is 12.2. The number of likely N-dealkylation sites (tertiary alicyclic amines) is 1. The summed E-state index contributed by atoms with van der Waals surface area (Å²) in [7, 11) is 4.95. The van der Waals surface area contributed by atoms with Crippen molar-refractivity contribution in [3.05, 3.63) is 35.2 Å². The summed E-state index contributed by atoms with van der Waals surface area (Å²) < 4.78 is 21.9. The predicted molar refractivity (Wildman–Crippen MR) is 94.4 cm³/mol. The predicted octanol–water partition coefficient (Wildman–Crippen LogP) is 3.60. The van der Waals surface area contributed by atoms with Gasteiger partial charge in [-0.15, -0.1) is 0 Å². The number of methoxy groups -OCH3 is 3. The van der Waals surface area contributed by atoms with Gasteiger partial charge in [0.05, 0.1) is 33.1 Å². The van der Waals surface area contributed by atoms with Gasteiger partial charge in [0, 0.05) is 24.2 Å². The van der Waals surface area contributed by atoms with Crippen molar-refractivity contribution in [1.82, 2.24) is 10.1 Å². The largest absolute Gasteiger partial charge is 0.496 e. The molecule has 0 N–H and O–H groups in total. The van der Waals surface area contributed by atoms with Crippen LogP contribution in [0.3, 0.4) is 0 Å². The zero-order valence-electron chi connectivity index (χ0n) is 15.4. The van der Waals surface area contributed by atoms with Crippen molar-refractivity contribution in [3.63, 3.8) is 0 Å². The van der Waals surface area contributed by atoms with Crippen LogP contribution in [0, 0.1) is 0 Å². The molecule has 136 valence electrons. The van der Waals surface area contributed by atoms with Gasteiger partial charge in [-0.05, 0) is 31.9 Å². The lowest BCUT2D eigenvalue weighted by molar-refractivity contribution is 0.204. The topological polar surface area (TPSA) is 57.0 Å². The van der Waals surface area contributed by atoms with E-state index in [4.69, 9.17) is 18.7 Å². The number of hydrogen-bond acceptors (Lipinski definition) is 6. The number of ether oxygens (including phenoxy) is 3. The summed E-state index contributed by atoms with van der Waals surface area (Å²) in [5, 5.41) is 4.14. The van der Waals surface area contributed by atoms with Crippen molar-refractivity contribution in [2.45, 2.75) is 38.8 Å². The van der Waals surface area contributed by atoms with Gasteiger partial charge in [-0.25, -0.2) is 0 Å². The molecule has 2 aromatic rings. The Labute approximate surface area is 148 Å². The van der Waals surface area contributed by atoms with E-state index < -0.39 is 0 Å². The van der Waals surface area contributed by atoms with Crippen molar-refractivity contribution in [3.8, 4) is 17.2 Å². The van der Waals surface area contributed by atoms with Crippen LogP contribution in [0.4, 0.5) is 0 Å². The molecule has 1 aromatic carbocycles. The molecule has 0 saturated carbocycles. The summed E-state index contributed by atoms with van der Waals surface area (Å²) >= 11 is 0. The summed E-state index contributed by atoms with van der Waals surface area (Å²) in [6.07, 6.45) is 3.11. The molecule has 1 aliphatic heterocycles. The minimum atomic E-state index is 0.255. The van der Waals surface area contributed by atoms with Crippen LogP contribution in [-0.4, -0.2) is 37.9 Å². The Morgan fingerprint density at radius 3 is 2.44 bits per heavy atom. The van der Waals surface area contributed by atoms with Crippen LogP contribution in [-0.2, 0) is 13.0 Å². The van der Waals surface area contributed by atoms with Gasteiger partial charge in [0.1, 0.15) is 5.75 Å². The van der Waals surface area contributed by atoms with E-state index in [9.17, 15) is 0 Å². The fourth-order valence-corrected chi connectivity index (χ4v) is 3.42. The molecule has 0 amide bonds. The first-order valence-electron chi connectivity index (χ1n) is 8.68. The maximum Gasteiger partial charge on any atom is 0.164 e. The van der Waals surface area contributed by atoms with Gasteiger partial charge in [-0.3, -0.25) is 4.90 Å². The molecule has 3 rings (SSSR count). The molecule has 1 aromatic heterocycles. The molecule has 0 unspecified atom stereocenters. The van der Waals surface area contributed by atoms with Crippen LogP contribution in [0.25, 0.3) is 0 Å². The Balaban J connectivity index is 1.85. The van der Waals surface area contributed by atoms with Crippen LogP contribution >= 0.6 is 0 Å². The summed E-state index contributed by atoms with van der Waals surface area (Å²) in [5.41, 5.74) is 2.08. The van der Waals surface area contributed by atoms with E-state index in [0.29, 0.717) is 11.5 Å². The summed E-state index contributed by atoms with van der Waals surface area (Å²) in [5.74, 6) is 3.13. The van der Waals surface area contributed by atoms with Gasteiger partial charge < -0.3 is 18.7 Å². The minimum absolute atomic E-state index is 0.255. The molecule has 0 aliphatic carbocycles. The zero-order valence-corrected chi connectivity index (χ0v) is 15.4. The molecule has 1 saturated heterocycles. The molecule has 1 aliphatic rings. The van der Waals surface area contributed by atoms with Crippen molar-refractivity contribution < 1.29 is 18.7 Å². The second-order valence-corrected chi connectivity index (χ2v) is 6.22. The van der Waals surface area contributed by atoms with Crippen molar-refractivity contribution >= 4 is 0 Å². The van der Waals surface area contributed by atoms with Gasteiger partial charge in [0.2, 0.25) is 0 Å². The number of hydrogen-bond donors (Lipinski definition) is 0. The summed E-state index contributed by atoms with van der Waals surface area (Å²) in [4.78, 5) is 2.41. The standard InChI is InChI=1S/C19H26N2O4/c1-5-14-10-17(25-20-14)15-7-6-8-21(15)12-13-9-18(23-3)19(24-4)11-16(13)22-2/h9-11,15H,5-8,12H2,1-4H3/t15-/m0/s1. The second kappa shape index (κ2) is 7.78. The summed E-state index contributed by atoms with van der Waals surface area (Å²) in [6.45, 7) is 3.86. The lowest BCUT2D eigenvalue weighted by Gasteiger charge is -2.24. The molecule has 1 fully saturated rings. The van der Waals surface area contributed by atoms with E-state index in [0.717, 1.165) is 55.1 Å². The number of aromatic nitrogens is 1. The van der Waals surface area contributed by atoms with E-state index in [-0.39, 0.29) is 6.04 Å². The first kappa shape index (κ1) is 17.6. The molecule has 0 bridgehead atoms. The van der Waals surface area contributed by atoms with Gasteiger partial charge in [0.15, 0.2) is 17.3 Å². The Morgan fingerprint density at radius 2 is 1.80 bits per heavy atom. The quantitative estimate of drug-likeness (QED) is 0.763. The molecule has 2 heterocycles. The molecular weight excluding hydrogens is 320 g/mol. The van der Waals surface area contributed by atoms with E-state index in [2.05, 4.69) is 23.0 Å². The smallest absolute Gasteiger partial charge is 0.164 e. The van der Waals surface area contributed by atoms with Crippen molar-refractivity contribution in [1.29, 1.82) is 0 Å². The van der Waals surface area contributed by atoms with E-state index >= 15 is 0 Å². The third kappa shape index (κ3) is 3.58. The SMILES string of the molecule is CCc1cc([C@@H]2CCCN2Cc2cc(OC)c(OC)cc2OC)on1. The molecule has 25 heavy (non-hydrogen) atoms. The number of rotatable bonds is 7. The van der Waals surface area contributed by atoms with E-state index in [1.165, 1.54) is 0 Å². The van der Waals surface area contributed by atoms with Gasteiger partial charge in [-0.2, -0.15) is 0 Å². The maximum atomic E-state index is 5.58. The number of benzene rings is 1. The Hall–Kier alpha value is -2.21. The third-order valence-corrected chi connectivity index (χ3v) is 4.79. The van der Waals surface area contributed by atoms with Crippen LogP contribution in [0.1, 0.15) is 42.8 Å². The molecule has 0 spiro atoms. The highest BCUT2D eigenvalue weighted by molar-refractivity contribution is 5.50. The molecule has 1 atom stereocenters. The van der Waals surface area contributed by atoms with E-state index in [1.807, 2.05) is 12.1 Å². The minimum Gasteiger partial charge on any atom is -0.496 e. The Kier molecular flexibility index (Phi) is 5.48. The average Bonchev–Trinajstić information content (AvgIpc) is 3.29. The molecule has 6 nitrogen and oxygen atoms in total. The van der Waals surface area contributed by atoms with Gasteiger partial charge in [-0.1, -0.05) is 12.1 Å². The first-order valence-corrected chi connectivity index (χ1v) is 8.68.